The zero-order chi connectivity index (χ0) is 13.7. The van der Waals surface area contributed by atoms with E-state index in [1.54, 1.807) is 11.9 Å². The number of amides is 1. The predicted molar refractivity (Wildman–Crippen MR) is 72.7 cm³/mol. The van der Waals surface area contributed by atoms with Crippen molar-refractivity contribution in [3.63, 3.8) is 0 Å². The van der Waals surface area contributed by atoms with Gasteiger partial charge in [0, 0.05) is 25.6 Å². The number of carbonyl (C=O) groups excluding carboxylic acids is 1. The van der Waals surface area contributed by atoms with E-state index in [0.717, 1.165) is 18.2 Å². The summed E-state index contributed by atoms with van der Waals surface area (Å²) in [4.78, 5) is 21.5. The first-order chi connectivity index (χ1) is 8.43. The van der Waals surface area contributed by atoms with Crippen molar-refractivity contribution in [2.75, 3.05) is 30.4 Å². The summed E-state index contributed by atoms with van der Waals surface area (Å²) in [5.41, 5.74) is 5.19. The molecule has 1 aromatic rings. The normalized spacial score (nSPS) is 10.5. The number of nitrogens with zero attached hydrogens (tertiary/aromatic N) is 3. The number of hydrogen-bond acceptors (Lipinski definition) is 5. The molecule has 100 valence electrons. The summed E-state index contributed by atoms with van der Waals surface area (Å²) in [6.45, 7) is 6.99. The van der Waals surface area contributed by atoms with Crippen LogP contribution in [0.25, 0.3) is 0 Å². The van der Waals surface area contributed by atoms with Crippen LogP contribution in [0.5, 0.6) is 0 Å². The van der Waals surface area contributed by atoms with Crippen molar-refractivity contribution < 1.29 is 4.79 Å². The minimum Gasteiger partial charge on any atom is -0.370 e. The highest BCUT2D eigenvalue weighted by Crippen LogP contribution is 2.18. The van der Waals surface area contributed by atoms with Crippen LogP contribution in [-0.4, -0.2) is 36.0 Å². The van der Waals surface area contributed by atoms with Gasteiger partial charge in [0.25, 0.3) is 0 Å². The van der Waals surface area contributed by atoms with Gasteiger partial charge in [-0.1, -0.05) is 13.8 Å². The number of hydrogen-bond donors (Lipinski definition) is 2. The Kier molecular flexibility index (Phi) is 4.88. The fraction of sp³-hybridized carbons (Fsp3) is 0.583. The van der Waals surface area contributed by atoms with Crippen molar-refractivity contribution in [2.45, 2.75) is 26.7 Å². The Morgan fingerprint density at radius 1 is 1.50 bits per heavy atom. The first kappa shape index (κ1) is 14.2. The Labute approximate surface area is 108 Å². The van der Waals surface area contributed by atoms with Crippen LogP contribution in [0, 0.1) is 0 Å². The molecule has 1 amide bonds. The van der Waals surface area contributed by atoms with E-state index in [1.165, 1.54) is 0 Å². The van der Waals surface area contributed by atoms with Crippen LogP contribution in [0.15, 0.2) is 6.07 Å². The van der Waals surface area contributed by atoms with Gasteiger partial charge in [0.1, 0.15) is 17.5 Å². The van der Waals surface area contributed by atoms with Crippen LogP contribution in [0.4, 0.5) is 11.6 Å². The molecule has 0 aliphatic carbocycles. The number of anilines is 2. The summed E-state index contributed by atoms with van der Waals surface area (Å²) >= 11 is 0. The third-order valence-corrected chi connectivity index (χ3v) is 2.39. The Morgan fingerprint density at radius 3 is 2.67 bits per heavy atom. The monoisotopic (exact) mass is 251 g/mol. The molecular formula is C12H21N5O. The number of nitrogens with one attached hydrogen (secondary N) is 1. The summed E-state index contributed by atoms with van der Waals surface area (Å²) in [5.74, 6) is 2.06. The Bertz CT molecular complexity index is 419. The third kappa shape index (κ3) is 3.87. The predicted octanol–water partition coefficient (Wildman–Crippen LogP) is 0.953. The summed E-state index contributed by atoms with van der Waals surface area (Å²) in [6.07, 6.45) is 0. The van der Waals surface area contributed by atoms with E-state index in [2.05, 4.69) is 15.3 Å². The molecule has 1 aromatic heterocycles. The minimum atomic E-state index is -0.382. The van der Waals surface area contributed by atoms with E-state index >= 15 is 0 Å². The van der Waals surface area contributed by atoms with E-state index in [4.69, 9.17) is 5.73 Å². The quantitative estimate of drug-likeness (QED) is 0.786. The van der Waals surface area contributed by atoms with Gasteiger partial charge in [-0.3, -0.25) is 4.79 Å². The van der Waals surface area contributed by atoms with Crippen molar-refractivity contribution in [1.82, 2.24) is 9.97 Å². The molecule has 0 unspecified atom stereocenters. The molecule has 18 heavy (non-hydrogen) atoms. The van der Waals surface area contributed by atoms with Gasteiger partial charge in [-0.25, -0.2) is 9.97 Å². The Balaban J connectivity index is 3.05. The van der Waals surface area contributed by atoms with Crippen molar-refractivity contribution in [3.05, 3.63) is 11.9 Å². The van der Waals surface area contributed by atoms with Crippen molar-refractivity contribution in [2.24, 2.45) is 5.73 Å². The smallest absolute Gasteiger partial charge is 0.236 e. The zero-order valence-corrected chi connectivity index (χ0v) is 11.4. The van der Waals surface area contributed by atoms with E-state index in [0.29, 0.717) is 5.82 Å². The molecule has 0 radical (unpaired) electrons. The summed E-state index contributed by atoms with van der Waals surface area (Å²) in [6, 6.07) is 1.82. The topological polar surface area (TPSA) is 84.1 Å². The van der Waals surface area contributed by atoms with Crippen LogP contribution >= 0.6 is 0 Å². The van der Waals surface area contributed by atoms with Crippen LogP contribution in [-0.2, 0) is 4.79 Å². The average molecular weight is 251 g/mol. The molecule has 0 aliphatic rings. The Hall–Kier alpha value is -1.85. The van der Waals surface area contributed by atoms with E-state index in [9.17, 15) is 4.79 Å². The standard InChI is InChI=1S/C12H21N5O/c1-5-14-10-6-11(17(4)7-9(13)18)16-12(15-10)8(2)3/h6,8H,5,7H2,1-4H3,(H2,13,18)(H,14,15,16). The molecule has 3 N–H and O–H groups in total. The number of aromatic nitrogens is 2. The van der Waals surface area contributed by atoms with E-state index in [-0.39, 0.29) is 18.4 Å². The maximum absolute atomic E-state index is 10.9. The molecule has 0 saturated heterocycles. The number of primary amides is 1. The largest absolute Gasteiger partial charge is 0.370 e. The van der Waals surface area contributed by atoms with Crippen molar-refractivity contribution in [3.8, 4) is 0 Å². The molecule has 6 heteroatoms. The van der Waals surface area contributed by atoms with Gasteiger partial charge >= 0.3 is 0 Å². The molecule has 0 saturated carbocycles. The second-order valence-corrected chi connectivity index (χ2v) is 4.48. The lowest BCUT2D eigenvalue weighted by Crippen LogP contribution is -2.31. The van der Waals surface area contributed by atoms with Gasteiger partial charge in [-0.15, -0.1) is 0 Å². The SMILES string of the molecule is CCNc1cc(N(C)CC(N)=O)nc(C(C)C)n1. The number of carbonyl (C=O) groups is 1. The fourth-order valence-electron chi connectivity index (χ4n) is 1.49. The van der Waals surface area contributed by atoms with Gasteiger partial charge in [-0.05, 0) is 6.92 Å². The second kappa shape index (κ2) is 6.18. The molecule has 1 rings (SSSR count). The van der Waals surface area contributed by atoms with Gasteiger partial charge in [-0.2, -0.15) is 0 Å². The maximum atomic E-state index is 10.9. The van der Waals surface area contributed by atoms with Gasteiger partial charge in [0.2, 0.25) is 5.91 Å². The lowest BCUT2D eigenvalue weighted by molar-refractivity contribution is -0.116. The summed E-state index contributed by atoms with van der Waals surface area (Å²) < 4.78 is 0. The molecule has 0 atom stereocenters. The molecule has 1 heterocycles. The van der Waals surface area contributed by atoms with E-state index < -0.39 is 0 Å². The third-order valence-electron chi connectivity index (χ3n) is 2.39. The average Bonchev–Trinajstić information content (AvgIpc) is 2.28. The molecular weight excluding hydrogens is 230 g/mol. The number of nitrogens with two attached hydrogens (primary N) is 1. The molecule has 0 spiro atoms. The second-order valence-electron chi connectivity index (χ2n) is 4.48. The Morgan fingerprint density at radius 2 is 2.17 bits per heavy atom. The summed E-state index contributed by atoms with van der Waals surface area (Å²) in [5, 5.41) is 3.16. The molecule has 0 bridgehead atoms. The number of likely N-dealkylation sites (N-methyl/N-ethyl adjacent to an activating group) is 1. The molecule has 0 fully saturated rings. The maximum Gasteiger partial charge on any atom is 0.236 e. The van der Waals surface area contributed by atoms with Gasteiger partial charge < -0.3 is 16.0 Å². The summed E-state index contributed by atoms with van der Waals surface area (Å²) in [7, 11) is 1.78. The highest BCUT2D eigenvalue weighted by atomic mass is 16.1. The first-order valence-electron chi connectivity index (χ1n) is 6.06. The van der Waals surface area contributed by atoms with Crippen LogP contribution < -0.4 is 16.0 Å². The minimum absolute atomic E-state index is 0.139. The molecule has 0 aromatic carbocycles. The van der Waals surface area contributed by atoms with Crippen LogP contribution in [0.3, 0.4) is 0 Å². The highest BCUT2D eigenvalue weighted by Gasteiger charge is 2.11. The molecule has 0 aliphatic heterocycles. The van der Waals surface area contributed by atoms with Crippen LogP contribution in [0.2, 0.25) is 0 Å². The molecule has 6 nitrogen and oxygen atoms in total. The van der Waals surface area contributed by atoms with E-state index in [1.807, 2.05) is 26.8 Å². The van der Waals surface area contributed by atoms with Gasteiger partial charge in [0.15, 0.2) is 0 Å². The lowest BCUT2D eigenvalue weighted by atomic mass is 10.2. The first-order valence-corrected chi connectivity index (χ1v) is 6.06. The lowest BCUT2D eigenvalue weighted by Gasteiger charge is -2.18. The van der Waals surface area contributed by atoms with Crippen molar-refractivity contribution in [1.29, 1.82) is 0 Å². The van der Waals surface area contributed by atoms with Gasteiger partial charge in [0.05, 0.1) is 6.54 Å². The fourth-order valence-corrected chi connectivity index (χ4v) is 1.49. The zero-order valence-electron chi connectivity index (χ0n) is 11.4. The highest BCUT2D eigenvalue weighted by molar-refractivity contribution is 5.79. The van der Waals surface area contributed by atoms with Crippen molar-refractivity contribution >= 4 is 17.5 Å². The van der Waals surface area contributed by atoms with Crippen LogP contribution in [0.1, 0.15) is 32.5 Å². The number of rotatable bonds is 6.